The maximum absolute atomic E-state index is 13.0. The van der Waals surface area contributed by atoms with Gasteiger partial charge in [0.2, 0.25) is 5.89 Å². The largest absolute Gasteiger partial charge is 0.436 e. The minimum absolute atomic E-state index is 0.184. The lowest BCUT2D eigenvalue weighted by Gasteiger charge is -2.11. The van der Waals surface area contributed by atoms with Crippen LogP contribution < -0.4 is 10.6 Å². The van der Waals surface area contributed by atoms with Crippen LogP contribution in [0.2, 0.25) is 5.02 Å². The minimum Gasteiger partial charge on any atom is -0.436 e. The highest BCUT2D eigenvalue weighted by atomic mass is 79.9. The first-order valence-corrected chi connectivity index (χ1v) is 12.9. The van der Waals surface area contributed by atoms with Crippen LogP contribution in [-0.2, 0) is 0 Å². The van der Waals surface area contributed by atoms with E-state index in [1.165, 1.54) is 0 Å². The summed E-state index contributed by atoms with van der Waals surface area (Å²) in [6.45, 7) is 0. The van der Waals surface area contributed by atoms with E-state index >= 15 is 0 Å². The van der Waals surface area contributed by atoms with E-state index in [1.54, 1.807) is 6.07 Å². The number of fused-ring (bicyclic) bond motifs is 3. The monoisotopic (exact) mass is 585 g/mol. The molecule has 1 aromatic heterocycles. The van der Waals surface area contributed by atoms with Crippen LogP contribution in [0.4, 0.5) is 5.69 Å². The van der Waals surface area contributed by atoms with Crippen LogP contribution in [0.25, 0.3) is 44.1 Å². The number of oxazole rings is 1. The Hall–Kier alpha value is -3.78. The highest BCUT2D eigenvalue weighted by Gasteiger charge is 2.15. The van der Waals surface area contributed by atoms with E-state index in [-0.39, 0.29) is 11.0 Å². The predicted molar refractivity (Wildman–Crippen MR) is 157 cm³/mol. The second kappa shape index (κ2) is 9.59. The van der Waals surface area contributed by atoms with E-state index in [1.807, 2.05) is 84.9 Å². The van der Waals surface area contributed by atoms with Gasteiger partial charge in [-0.3, -0.25) is 10.1 Å². The quantitative estimate of drug-likeness (QED) is 0.204. The summed E-state index contributed by atoms with van der Waals surface area (Å²) >= 11 is 15.3. The van der Waals surface area contributed by atoms with E-state index < -0.39 is 0 Å². The fraction of sp³-hybridized carbons (Fsp3) is 0. The Morgan fingerprint density at radius 3 is 2.49 bits per heavy atom. The molecule has 37 heavy (non-hydrogen) atoms. The minimum atomic E-state index is -0.291. The Kier molecular flexibility index (Phi) is 6.12. The van der Waals surface area contributed by atoms with E-state index in [0.29, 0.717) is 33.3 Å². The average Bonchev–Trinajstić information content (AvgIpc) is 3.32. The zero-order valence-corrected chi connectivity index (χ0v) is 22.2. The Morgan fingerprint density at radius 2 is 1.59 bits per heavy atom. The maximum atomic E-state index is 13.0. The fourth-order valence-corrected chi connectivity index (χ4v) is 5.33. The number of benzene rings is 5. The average molecular weight is 587 g/mol. The third-order valence-electron chi connectivity index (χ3n) is 6.09. The van der Waals surface area contributed by atoms with Gasteiger partial charge in [-0.2, -0.15) is 0 Å². The number of halogens is 2. The molecule has 0 saturated carbocycles. The topological polar surface area (TPSA) is 67.2 Å². The number of hydrogen-bond acceptors (Lipinski definition) is 4. The van der Waals surface area contributed by atoms with Crippen molar-refractivity contribution < 1.29 is 9.21 Å². The van der Waals surface area contributed by atoms with Gasteiger partial charge in [-0.1, -0.05) is 76.1 Å². The van der Waals surface area contributed by atoms with E-state index in [9.17, 15) is 4.79 Å². The van der Waals surface area contributed by atoms with E-state index in [2.05, 4.69) is 26.6 Å². The number of anilines is 1. The molecule has 1 amide bonds. The van der Waals surface area contributed by atoms with Crippen LogP contribution in [0.15, 0.2) is 99.9 Å². The molecule has 0 saturated heterocycles. The molecule has 0 unspecified atom stereocenters. The molecule has 2 N–H and O–H groups in total. The zero-order valence-electron chi connectivity index (χ0n) is 19.1. The molecule has 0 aliphatic carbocycles. The number of hydrogen-bond donors (Lipinski definition) is 2. The second-order valence-corrected chi connectivity index (χ2v) is 10.1. The standard InChI is InChI=1S/C29H17BrClN3O2S/c30-23-11-3-5-17-19(23)7-1-9-21(17)27(35)34-29(37)32-16-13-14-26-25(15-16)33-28(36-26)22-10-2-8-20-18(22)6-4-12-24(20)31/h1-15H,(H2,32,34,35,37). The Morgan fingerprint density at radius 1 is 0.865 bits per heavy atom. The van der Waals surface area contributed by atoms with Crippen molar-refractivity contribution in [3.63, 3.8) is 0 Å². The van der Waals surface area contributed by atoms with Crippen molar-refractivity contribution in [3.05, 3.63) is 106 Å². The predicted octanol–water partition coefficient (Wildman–Crippen LogP) is 8.34. The van der Waals surface area contributed by atoms with Crippen molar-refractivity contribution in [2.75, 3.05) is 5.32 Å². The molecule has 0 aliphatic heterocycles. The first-order chi connectivity index (χ1) is 18.0. The molecule has 5 nitrogen and oxygen atoms in total. The first kappa shape index (κ1) is 23.6. The van der Waals surface area contributed by atoms with Gasteiger partial charge in [0.1, 0.15) is 5.52 Å². The van der Waals surface area contributed by atoms with Crippen molar-refractivity contribution in [3.8, 4) is 11.5 Å². The molecule has 1 heterocycles. The molecule has 0 fully saturated rings. The molecule has 0 aliphatic rings. The van der Waals surface area contributed by atoms with Crippen LogP contribution in [-0.4, -0.2) is 16.0 Å². The van der Waals surface area contributed by atoms with Gasteiger partial charge < -0.3 is 9.73 Å². The Bertz CT molecular complexity index is 1870. The smallest absolute Gasteiger partial charge is 0.258 e. The lowest BCUT2D eigenvalue weighted by Crippen LogP contribution is -2.34. The van der Waals surface area contributed by atoms with Gasteiger partial charge in [0.05, 0.1) is 0 Å². The number of nitrogens with zero attached hydrogens (tertiary/aromatic N) is 1. The molecule has 0 spiro atoms. The highest BCUT2D eigenvalue weighted by molar-refractivity contribution is 9.10. The number of carbonyl (C=O) groups excluding carboxylic acids is 1. The number of carbonyl (C=O) groups is 1. The van der Waals surface area contributed by atoms with Gasteiger partial charge in [0.15, 0.2) is 10.7 Å². The van der Waals surface area contributed by atoms with Gasteiger partial charge in [0.25, 0.3) is 5.91 Å². The van der Waals surface area contributed by atoms with Crippen molar-refractivity contribution in [1.29, 1.82) is 0 Å². The summed E-state index contributed by atoms with van der Waals surface area (Å²) in [7, 11) is 0. The van der Waals surface area contributed by atoms with Gasteiger partial charge in [-0.15, -0.1) is 0 Å². The molecular weight excluding hydrogens is 570 g/mol. The molecule has 8 heteroatoms. The molecule has 0 atom stereocenters. The number of amides is 1. The SMILES string of the molecule is O=C(NC(=S)Nc1ccc2oc(-c3cccc4c(Cl)cccc34)nc2c1)c1cccc2c(Br)cccc12. The molecule has 180 valence electrons. The Balaban J connectivity index is 1.24. The van der Waals surface area contributed by atoms with Gasteiger partial charge in [0, 0.05) is 31.7 Å². The van der Waals surface area contributed by atoms with Gasteiger partial charge in [-0.05, 0) is 70.8 Å². The summed E-state index contributed by atoms with van der Waals surface area (Å²) in [5, 5.41) is 10.4. The third kappa shape index (κ3) is 4.46. The maximum Gasteiger partial charge on any atom is 0.258 e. The fourth-order valence-electron chi connectivity index (χ4n) is 4.38. The lowest BCUT2D eigenvalue weighted by atomic mass is 10.0. The van der Waals surface area contributed by atoms with Crippen molar-refractivity contribution in [2.24, 2.45) is 0 Å². The van der Waals surface area contributed by atoms with Crippen molar-refractivity contribution in [1.82, 2.24) is 10.3 Å². The van der Waals surface area contributed by atoms with E-state index in [0.717, 1.165) is 31.6 Å². The number of aromatic nitrogens is 1. The summed E-state index contributed by atoms with van der Waals surface area (Å²) in [5.74, 6) is 0.207. The van der Waals surface area contributed by atoms with Crippen LogP contribution >= 0.6 is 39.7 Å². The van der Waals surface area contributed by atoms with Crippen LogP contribution in [0, 0.1) is 0 Å². The molecule has 5 aromatic carbocycles. The second-order valence-electron chi connectivity index (χ2n) is 8.39. The number of nitrogens with one attached hydrogen (secondary N) is 2. The zero-order chi connectivity index (χ0) is 25.5. The number of thiocarbonyl (C=S) groups is 1. The molecule has 6 aromatic rings. The summed E-state index contributed by atoms with van der Waals surface area (Å²) in [6, 6.07) is 28.4. The van der Waals surface area contributed by atoms with Gasteiger partial charge in [-0.25, -0.2) is 4.98 Å². The molecule has 6 rings (SSSR count). The molecule has 0 bridgehead atoms. The summed E-state index contributed by atoms with van der Waals surface area (Å²) in [4.78, 5) is 17.7. The van der Waals surface area contributed by atoms with Gasteiger partial charge >= 0.3 is 0 Å². The summed E-state index contributed by atoms with van der Waals surface area (Å²) < 4.78 is 6.97. The molecule has 0 radical (unpaired) electrons. The van der Waals surface area contributed by atoms with Crippen molar-refractivity contribution >= 4 is 89.1 Å². The van der Waals surface area contributed by atoms with Crippen LogP contribution in [0.1, 0.15) is 10.4 Å². The first-order valence-electron chi connectivity index (χ1n) is 11.4. The Labute approximate surface area is 230 Å². The highest BCUT2D eigenvalue weighted by Crippen LogP contribution is 2.34. The normalized spacial score (nSPS) is 11.2. The van der Waals surface area contributed by atoms with E-state index in [4.69, 9.17) is 33.2 Å². The molecular formula is C29H17BrClN3O2S. The van der Waals surface area contributed by atoms with Crippen LogP contribution in [0.5, 0.6) is 0 Å². The lowest BCUT2D eigenvalue weighted by molar-refractivity contribution is 0.0979. The van der Waals surface area contributed by atoms with Crippen LogP contribution in [0.3, 0.4) is 0 Å². The summed E-state index contributed by atoms with van der Waals surface area (Å²) in [6.07, 6.45) is 0. The summed E-state index contributed by atoms with van der Waals surface area (Å²) in [5.41, 5.74) is 3.37. The van der Waals surface area contributed by atoms with Crippen molar-refractivity contribution in [2.45, 2.75) is 0 Å². The third-order valence-corrected chi connectivity index (χ3v) is 7.31. The number of rotatable bonds is 3.